The van der Waals surface area contributed by atoms with Gasteiger partial charge in [0.1, 0.15) is 6.61 Å². The topological polar surface area (TPSA) is 18.5 Å². The molecular weight excluding hydrogens is 394 g/mol. The lowest BCUT2D eigenvalue weighted by atomic mass is 10.0. The summed E-state index contributed by atoms with van der Waals surface area (Å²) < 4.78 is 40.1. The van der Waals surface area contributed by atoms with Crippen molar-refractivity contribution in [2.24, 2.45) is 0 Å². The first-order chi connectivity index (χ1) is 15.2. The van der Waals surface area contributed by atoms with Crippen molar-refractivity contribution < 1.29 is 18.3 Å². The number of hydrogen-bond donors (Lipinski definition) is 0. The molecule has 0 spiro atoms. The van der Waals surface area contributed by atoms with Gasteiger partial charge in [-0.05, 0) is 47.4 Å². The predicted molar refractivity (Wildman–Crippen MR) is 121 cm³/mol. The Morgan fingerprint density at radius 2 is 1.23 bits per heavy atom. The monoisotopic (exact) mass is 424 g/mol. The molecule has 0 N–H and O–H groups in total. The summed E-state index contributed by atoms with van der Waals surface area (Å²) in [5.41, 5.74) is 2.15. The molecular formula is C27H30F2O2. The summed E-state index contributed by atoms with van der Waals surface area (Å²) in [6.07, 6.45) is 6.93. The zero-order valence-corrected chi connectivity index (χ0v) is 18.1. The standard InChI is InChI=1S/C27H30F2O2/c1-2-3-4-5-6-10-17-30-26-15-13-22(18-24(26)28)23-14-16-27(25(29)19-23)31-20-21-11-8-7-9-12-21/h7-9,11-16,18-19H,2-6,10,17,20H2,1H3. The molecule has 0 saturated heterocycles. The summed E-state index contributed by atoms with van der Waals surface area (Å²) >= 11 is 0. The van der Waals surface area contributed by atoms with Crippen LogP contribution in [0.25, 0.3) is 11.1 Å². The van der Waals surface area contributed by atoms with E-state index in [-0.39, 0.29) is 18.1 Å². The SMILES string of the molecule is CCCCCCCCOc1ccc(-c2ccc(OCc3ccccc3)c(F)c2)cc1F. The van der Waals surface area contributed by atoms with Crippen LogP contribution in [0.15, 0.2) is 66.7 Å². The van der Waals surface area contributed by atoms with Crippen LogP contribution in [0.1, 0.15) is 51.0 Å². The molecule has 2 nitrogen and oxygen atoms in total. The van der Waals surface area contributed by atoms with E-state index in [0.717, 1.165) is 18.4 Å². The quantitative estimate of drug-likeness (QED) is 0.275. The highest BCUT2D eigenvalue weighted by Gasteiger charge is 2.10. The van der Waals surface area contributed by atoms with Crippen LogP contribution in [0.4, 0.5) is 8.78 Å². The average molecular weight is 425 g/mol. The lowest BCUT2D eigenvalue weighted by Crippen LogP contribution is -2.00. The number of rotatable bonds is 12. The van der Waals surface area contributed by atoms with E-state index in [1.807, 2.05) is 30.3 Å². The Morgan fingerprint density at radius 3 is 1.84 bits per heavy atom. The van der Waals surface area contributed by atoms with E-state index >= 15 is 0 Å². The van der Waals surface area contributed by atoms with E-state index < -0.39 is 11.6 Å². The third-order valence-corrected chi connectivity index (χ3v) is 5.19. The molecule has 3 rings (SSSR count). The summed E-state index contributed by atoms with van der Waals surface area (Å²) in [7, 11) is 0. The largest absolute Gasteiger partial charge is 0.491 e. The highest BCUT2D eigenvalue weighted by molar-refractivity contribution is 5.65. The van der Waals surface area contributed by atoms with E-state index in [9.17, 15) is 8.78 Å². The summed E-state index contributed by atoms with van der Waals surface area (Å²) in [5.74, 6) is -0.502. The second kappa shape index (κ2) is 12.1. The normalized spacial score (nSPS) is 10.8. The molecule has 3 aromatic carbocycles. The fraction of sp³-hybridized carbons (Fsp3) is 0.333. The van der Waals surface area contributed by atoms with Crippen LogP contribution >= 0.6 is 0 Å². The molecule has 0 aliphatic heterocycles. The van der Waals surface area contributed by atoms with Gasteiger partial charge >= 0.3 is 0 Å². The lowest BCUT2D eigenvalue weighted by molar-refractivity contribution is 0.290. The van der Waals surface area contributed by atoms with Gasteiger partial charge in [0, 0.05) is 0 Å². The maximum Gasteiger partial charge on any atom is 0.165 e. The first kappa shape index (κ1) is 22.8. The van der Waals surface area contributed by atoms with Gasteiger partial charge in [-0.15, -0.1) is 0 Å². The molecule has 0 bridgehead atoms. The van der Waals surface area contributed by atoms with E-state index in [1.165, 1.54) is 37.8 Å². The molecule has 0 aliphatic carbocycles. The third kappa shape index (κ3) is 7.09. The van der Waals surface area contributed by atoms with Crippen LogP contribution in [0.5, 0.6) is 11.5 Å². The average Bonchev–Trinajstić information content (AvgIpc) is 2.79. The molecule has 0 saturated carbocycles. The van der Waals surface area contributed by atoms with Crippen LogP contribution in [-0.2, 0) is 6.61 Å². The number of halogens is 2. The molecule has 0 amide bonds. The van der Waals surface area contributed by atoms with Crippen LogP contribution in [-0.4, -0.2) is 6.61 Å². The highest BCUT2D eigenvalue weighted by Crippen LogP contribution is 2.29. The van der Waals surface area contributed by atoms with Crippen LogP contribution < -0.4 is 9.47 Å². The Morgan fingerprint density at radius 1 is 0.645 bits per heavy atom. The molecule has 0 unspecified atom stereocenters. The molecule has 164 valence electrons. The minimum absolute atomic E-state index is 0.173. The number of benzene rings is 3. The second-order valence-electron chi connectivity index (χ2n) is 7.68. The van der Waals surface area contributed by atoms with Crippen molar-refractivity contribution in [2.45, 2.75) is 52.1 Å². The minimum Gasteiger partial charge on any atom is -0.491 e. The predicted octanol–water partition coefficient (Wildman–Crippen LogP) is 7.95. The van der Waals surface area contributed by atoms with Crippen molar-refractivity contribution in [1.82, 2.24) is 0 Å². The lowest BCUT2D eigenvalue weighted by Gasteiger charge is -2.11. The Balaban J connectivity index is 1.54. The smallest absolute Gasteiger partial charge is 0.165 e. The summed E-state index contributed by atoms with van der Waals surface area (Å²) in [4.78, 5) is 0. The van der Waals surface area contributed by atoms with Gasteiger partial charge in [-0.3, -0.25) is 0 Å². The summed E-state index contributed by atoms with van der Waals surface area (Å²) in [5, 5.41) is 0. The Kier molecular flexibility index (Phi) is 8.89. The first-order valence-corrected chi connectivity index (χ1v) is 11.1. The number of hydrogen-bond acceptors (Lipinski definition) is 2. The van der Waals surface area contributed by atoms with Crippen molar-refractivity contribution in [1.29, 1.82) is 0 Å². The van der Waals surface area contributed by atoms with Gasteiger partial charge in [0.25, 0.3) is 0 Å². The first-order valence-electron chi connectivity index (χ1n) is 11.1. The van der Waals surface area contributed by atoms with Gasteiger partial charge in [-0.2, -0.15) is 0 Å². The van der Waals surface area contributed by atoms with Crippen LogP contribution in [0.2, 0.25) is 0 Å². The molecule has 0 heterocycles. The van der Waals surface area contributed by atoms with E-state index in [1.54, 1.807) is 24.3 Å². The van der Waals surface area contributed by atoms with Crippen LogP contribution in [0, 0.1) is 11.6 Å². The van der Waals surface area contributed by atoms with Gasteiger partial charge in [0.15, 0.2) is 23.1 Å². The van der Waals surface area contributed by atoms with Crippen molar-refractivity contribution in [2.75, 3.05) is 6.61 Å². The molecule has 0 aromatic heterocycles. The van der Waals surface area contributed by atoms with Crippen molar-refractivity contribution in [3.05, 3.63) is 83.9 Å². The van der Waals surface area contributed by atoms with Gasteiger partial charge < -0.3 is 9.47 Å². The Bertz CT molecular complexity index is 941. The zero-order chi connectivity index (χ0) is 21.9. The summed E-state index contributed by atoms with van der Waals surface area (Å²) in [6, 6.07) is 19.0. The molecule has 4 heteroatoms. The van der Waals surface area contributed by atoms with E-state index in [2.05, 4.69) is 6.92 Å². The number of unbranched alkanes of at least 4 members (excludes halogenated alkanes) is 5. The maximum absolute atomic E-state index is 14.5. The van der Waals surface area contributed by atoms with E-state index in [0.29, 0.717) is 17.7 Å². The van der Waals surface area contributed by atoms with Gasteiger partial charge in [-0.1, -0.05) is 81.5 Å². The third-order valence-electron chi connectivity index (χ3n) is 5.19. The maximum atomic E-state index is 14.5. The second-order valence-corrected chi connectivity index (χ2v) is 7.68. The molecule has 0 fully saturated rings. The van der Waals surface area contributed by atoms with Crippen molar-refractivity contribution in [3.63, 3.8) is 0 Å². The van der Waals surface area contributed by atoms with Gasteiger partial charge in [0.05, 0.1) is 6.61 Å². The van der Waals surface area contributed by atoms with Gasteiger partial charge in [0.2, 0.25) is 0 Å². The molecule has 0 aliphatic rings. The fourth-order valence-corrected chi connectivity index (χ4v) is 3.39. The van der Waals surface area contributed by atoms with Crippen molar-refractivity contribution in [3.8, 4) is 22.6 Å². The zero-order valence-electron chi connectivity index (χ0n) is 18.1. The van der Waals surface area contributed by atoms with Gasteiger partial charge in [-0.25, -0.2) is 8.78 Å². The minimum atomic E-state index is -0.475. The highest BCUT2D eigenvalue weighted by atomic mass is 19.1. The Labute approximate surface area is 183 Å². The molecule has 0 radical (unpaired) electrons. The molecule has 31 heavy (non-hydrogen) atoms. The van der Waals surface area contributed by atoms with Crippen molar-refractivity contribution >= 4 is 0 Å². The Hall–Kier alpha value is -2.88. The molecule has 3 aromatic rings. The fourth-order valence-electron chi connectivity index (χ4n) is 3.39. The molecule has 0 atom stereocenters. The van der Waals surface area contributed by atoms with E-state index in [4.69, 9.17) is 9.47 Å². The van der Waals surface area contributed by atoms with Crippen LogP contribution in [0.3, 0.4) is 0 Å². The number of ether oxygens (including phenoxy) is 2. The summed E-state index contributed by atoms with van der Waals surface area (Å²) in [6.45, 7) is 2.99.